The smallest absolute Gasteiger partial charge is 0.307 e. The molecule has 0 aliphatic heterocycles. The fourth-order valence-electron chi connectivity index (χ4n) is 1.17. The van der Waals surface area contributed by atoms with E-state index in [-0.39, 0.29) is 29.0 Å². The van der Waals surface area contributed by atoms with E-state index in [0.29, 0.717) is 0 Å². The van der Waals surface area contributed by atoms with Crippen LogP contribution in [0.4, 0.5) is 4.39 Å². The number of rotatable bonds is 3. The lowest BCUT2D eigenvalue weighted by Crippen LogP contribution is -2.04. The van der Waals surface area contributed by atoms with E-state index in [0.717, 1.165) is 6.07 Å². The molecule has 0 aliphatic carbocycles. The largest absolute Gasteiger partial charge is 0.481 e. The Bertz CT molecular complexity index is 440. The summed E-state index contributed by atoms with van der Waals surface area (Å²) in [4.78, 5) is 10.4. The molecule has 0 aliphatic rings. The van der Waals surface area contributed by atoms with Gasteiger partial charge in [-0.2, -0.15) is 5.26 Å². The van der Waals surface area contributed by atoms with Gasteiger partial charge in [-0.05, 0) is 17.7 Å². The summed E-state index contributed by atoms with van der Waals surface area (Å²) >= 11 is 5.45. The van der Waals surface area contributed by atoms with Gasteiger partial charge < -0.3 is 5.11 Å². The van der Waals surface area contributed by atoms with Crippen LogP contribution < -0.4 is 0 Å². The van der Waals surface area contributed by atoms with Crippen LogP contribution in [0.5, 0.6) is 0 Å². The Morgan fingerprint density at radius 3 is 2.67 bits per heavy atom. The van der Waals surface area contributed by atoms with E-state index >= 15 is 0 Å². The van der Waals surface area contributed by atoms with Crippen molar-refractivity contribution in [2.45, 2.75) is 12.3 Å². The first-order valence-corrected chi connectivity index (χ1v) is 4.61. The van der Waals surface area contributed by atoms with Gasteiger partial charge in [0.05, 0.1) is 23.9 Å². The first-order valence-electron chi connectivity index (χ1n) is 4.07. The van der Waals surface area contributed by atoms with Crippen molar-refractivity contribution in [3.63, 3.8) is 0 Å². The summed E-state index contributed by atoms with van der Waals surface area (Å²) < 4.78 is 13.2. The van der Waals surface area contributed by atoms with Gasteiger partial charge in [0.1, 0.15) is 5.82 Å². The van der Waals surface area contributed by atoms with E-state index in [2.05, 4.69) is 0 Å². The highest BCUT2D eigenvalue weighted by Crippen LogP contribution is 2.17. The lowest BCUT2D eigenvalue weighted by molar-refractivity contribution is -0.136. The van der Waals surface area contributed by atoms with Gasteiger partial charge in [-0.3, -0.25) is 4.79 Å². The van der Waals surface area contributed by atoms with Crippen molar-refractivity contribution >= 4 is 17.6 Å². The number of nitrogens with zero attached hydrogens (tertiary/aromatic N) is 1. The lowest BCUT2D eigenvalue weighted by Gasteiger charge is -2.04. The van der Waals surface area contributed by atoms with Crippen LogP contribution in [0.25, 0.3) is 0 Å². The molecule has 0 fully saturated rings. The second-order valence-corrected chi connectivity index (χ2v) is 3.18. The number of carbonyl (C=O) groups is 1. The molecule has 0 heterocycles. The van der Waals surface area contributed by atoms with Crippen molar-refractivity contribution in [1.82, 2.24) is 0 Å². The summed E-state index contributed by atoms with van der Waals surface area (Å²) in [5, 5.41) is 17.3. The van der Waals surface area contributed by atoms with Gasteiger partial charge in [-0.1, -0.05) is 0 Å². The lowest BCUT2D eigenvalue weighted by atomic mass is 10.0. The van der Waals surface area contributed by atoms with Crippen LogP contribution in [-0.2, 0) is 17.1 Å². The molecule has 78 valence electrons. The first kappa shape index (κ1) is 11.5. The molecule has 1 aromatic rings. The van der Waals surface area contributed by atoms with E-state index < -0.39 is 11.8 Å². The van der Waals surface area contributed by atoms with Crippen LogP contribution in [0, 0.1) is 17.1 Å². The second kappa shape index (κ2) is 4.76. The zero-order valence-electron chi connectivity index (χ0n) is 7.63. The minimum absolute atomic E-state index is 0.0478. The number of benzene rings is 1. The molecular weight excluding hydrogens is 221 g/mol. The molecule has 1 aromatic carbocycles. The summed E-state index contributed by atoms with van der Waals surface area (Å²) in [7, 11) is 0. The van der Waals surface area contributed by atoms with E-state index in [4.69, 9.17) is 22.0 Å². The van der Waals surface area contributed by atoms with Crippen molar-refractivity contribution in [2.75, 3.05) is 0 Å². The molecule has 15 heavy (non-hydrogen) atoms. The number of halogens is 2. The zero-order valence-corrected chi connectivity index (χ0v) is 8.38. The van der Waals surface area contributed by atoms with Crippen LogP contribution in [0.2, 0.25) is 0 Å². The van der Waals surface area contributed by atoms with E-state index in [1.165, 1.54) is 6.07 Å². The van der Waals surface area contributed by atoms with Crippen LogP contribution >= 0.6 is 11.6 Å². The Morgan fingerprint density at radius 1 is 1.53 bits per heavy atom. The predicted molar refractivity (Wildman–Crippen MR) is 52.0 cm³/mol. The Kier molecular flexibility index (Phi) is 3.64. The maximum Gasteiger partial charge on any atom is 0.307 e. The highest BCUT2D eigenvalue weighted by atomic mass is 35.5. The van der Waals surface area contributed by atoms with Gasteiger partial charge in [-0.15, -0.1) is 11.6 Å². The third kappa shape index (κ3) is 2.67. The van der Waals surface area contributed by atoms with Gasteiger partial charge in [0.2, 0.25) is 0 Å². The minimum atomic E-state index is -1.11. The monoisotopic (exact) mass is 227 g/mol. The number of alkyl halides is 1. The van der Waals surface area contributed by atoms with E-state index in [1.807, 2.05) is 6.07 Å². The maximum absolute atomic E-state index is 13.2. The second-order valence-electron chi connectivity index (χ2n) is 2.92. The molecule has 0 saturated carbocycles. The fourth-order valence-corrected chi connectivity index (χ4v) is 1.38. The van der Waals surface area contributed by atoms with Crippen molar-refractivity contribution in [2.24, 2.45) is 0 Å². The number of carboxylic acid groups (broad SMARTS) is 1. The molecule has 0 atom stereocenters. The highest BCUT2D eigenvalue weighted by Gasteiger charge is 2.11. The van der Waals surface area contributed by atoms with Gasteiger partial charge in [0.15, 0.2) is 0 Å². The molecule has 3 nitrogen and oxygen atoms in total. The summed E-state index contributed by atoms with van der Waals surface area (Å²) in [5.41, 5.74) is 0.508. The number of hydrogen-bond acceptors (Lipinski definition) is 2. The third-order valence-corrected chi connectivity index (χ3v) is 2.17. The molecule has 1 N–H and O–H groups in total. The Balaban J connectivity index is 3.22. The molecule has 0 aromatic heterocycles. The quantitative estimate of drug-likeness (QED) is 0.804. The SMILES string of the molecule is N#Cc1cc(CCl)c(F)cc1CC(=O)O. The molecule has 0 saturated heterocycles. The first-order chi connectivity index (χ1) is 7.08. The molecule has 0 radical (unpaired) electrons. The Hall–Kier alpha value is -1.60. The van der Waals surface area contributed by atoms with E-state index in [1.54, 1.807) is 0 Å². The van der Waals surface area contributed by atoms with Gasteiger partial charge in [0.25, 0.3) is 0 Å². The molecule has 1 rings (SSSR count). The van der Waals surface area contributed by atoms with Crippen LogP contribution in [0.3, 0.4) is 0 Å². The fraction of sp³-hybridized carbons (Fsp3) is 0.200. The van der Waals surface area contributed by atoms with Crippen LogP contribution in [-0.4, -0.2) is 11.1 Å². The third-order valence-electron chi connectivity index (χ3n) is 1.88. The summed E-state index contributed by atoms with van der Waals surface area (Å²) in [6.45, 7) is 0. The van der Waals surface area contributed by atoms with Gasteiger partial charge in [-0.25, -0.2) is 4.39 Å². The molecule has 0 unspecified atom stereocenters. The molecule has 5 heteroatoms. The van der Waals surface area contributed by atoms with Crippen molar-refractivity contribution in [3.8, 4) is 6.07 Å². The maximum atomic E-state index is 13.2. The molecule has 0 bridgehead atoms. The average Bonchev–Trinajstić information content (AvgIpc) is 2.17. The number of nitriles is 1. The number of aliphatic carboxylic acids is 1. The van der Waals surface area contributed by atoms with Crippen molar-refractivity contribution in [3.05, 3.63) is 34.6 Å². The van der Waals surface area contributed by atoms with Gasteiger partial charge in [0, 0.05) is 5.56 Å². The van der Waals surface area contributed by atoms with Crippen molar-refractivity contribution in [1.29, 1.82) is 5.26 Å². The Labute approximate surface area is 90.7 Å². The standard InChI is InChI=1S/C10H7ClFNO2/c11-4-7-1-8(5-13)6(2-9(7)12)3-10(14)15/h1-2H,3-4H2,(H,14,15). The Morgan fingerprint density at radius 2 is 2.20 bits per heavy atom. The highest BCUT2D eigenvalue weighted by molar-refractivity contribution is 6.17. The summed E-state index contributed by atoms with van der Waals surface area (Å²) in [5.74, 6) is -1.74. The average molecular weight is 228 g/mol. The molecule has 0 amide bonds. The summed E-state index contributed by atoms with van der Waals surface area (Å²) in [6.07, 6.45) is -0.373. The zero-order chi connectivity index (χ0) is 11.4. The summed E-state index contributed by atoms with van der Waals surface area (Å²) in [6, 6.07) is 4.14. The normalized spacial score (nSPS) is 9.67. The predicted octanol–water partition coefficient (Wildman–Crippen LogP) is 2.06. The van der Waals surface area contributed by atoms with Gasteiger partial charge >= 0.3 is 5.97 Å². The number of hydrogen-bond donors (Lipinski definition) is 1. The van der Waals surface area contributed by atoms with E-state index in [9.17, 15) is 9.18 Å². The van der Waals surface area contributed by atoms with Crippen molar-refractivity contribution < 1.29 is 14.3 Å². The molecule has 0 spiro atoms. The topological polar surface area (TPSA) is 61.1 Å². The van der Waals surface area contributed by atoms with Crippen LogP contribution in [0.15, 0.2) is 12.1 Å². The van der Waals surface area contributed by atoms with Crippen LogP contribution in [0.1, 0.15) is 16.7 Å². The number of carboxylic acids is 1. The molecular formula is C10H7ClFNO2. The minimum Gasteiger partial charge on any atom is -0.481 e.